The van der Waals surface area contributed by atoms with Crippen LogP contribution in [0, 0.1) is 0 Å². The molecule has 1 aromatic rings. The molecule has 6 nitrogen and oxygen atoms in total. The molecule has 0 aromatic carbocycles. The van der Waals surface area contributed by atoms with E-state index in [9.17, 15) is 9.59 Å². The van der Waals surface area contributed by atoms with Gasteiger partial charge in [-0.15, -0.1) is 11.3 Å². The van der Waals surface area contributed by atoms with E-state index in [1.54, 1.807) is 4.90 Å². The van der Waals surface area contributed by atoms with Gasteiger partial charge in [-0.1, -0.05) is 13.0 Å². The molecule has 1 N–H and O–H groups in total. The molecule has 1 atom stereocenters. The van der Waals surface area contributed by atoms with Crippen molar-refractivity contribution in [3.63, 3.8) is 0 Å². The van der Waals surface area contributed by atoms with E-state index in [0.717, 1.165) is 69.8 Å². The fraction of sp³-hybridized carbons (Fsp3) is 0.700. The van der Waals surface area contributed by atoms with Crippen LogP contribution in [-0.2, 0) is 4.79 Å². The largest absolute Gasteiger partial charge is 0.354 e. The van der Waals surface area contributed by atoms with E-state index in [-0.39, 0.29) is 17.9 Å². The minimum Gasteiger partial charge on any atom is -0.354 e. The average molecular weight is 393 g/mol. The summed E-state index contributed by atoms with van der Waals surface area (Å²) in [5.74, 6) is 0.00838. The third-order valence-corrected chi connectivity index (χ3v) is 6.52. The summed E-state index contributed by atoms with van der Waals surface area (Å²) in [6.07, 6.45) is 3.71. The van der Waals surface area contributed by atoms with E-state index in [2.05, 4.69) is 22.0 Å². The van der Waals surface area contributed by atoms with Crippen LogP contribution in [0.5, 0.6) is 0 Å². The summed E-state index contributed by atoms with van der Waals surface area (Å²) in [6, 6.07) is 3.41. The van der Waals surface area contributed by atoms with Crippen molar-refractivity contribution < 1.29 is 9.59 Å². The summed E-state index contributed by atoms with van der Waals surface area (Å²) < 4.78 is 0. The molecule has 2 aliphatic rings. The average Bonchev–Trinajstić information content (AvgIpc) is 3.26. The highest BCUT2D eigenvalue weighted by Crippen LogP contribution is 2.21. The van der Waals surface area contributed by atoms with Crippen LogP contribution in [0.3, 0.4) is 0 Å². The molecular formula is C20H32N4O2S. The van der Waals surface area contributed by atoms with E-state index in [1.807, 2.05) is 17.5 Å². The molecule has 7 heteroatoms. The lowest BCUT2D eigenvalue weighted by Gasteiger charge is -2.35. The van der Waals surface area contributed by atoms with Gasteiger partial charge in [-0.05, 0) is 50.2 Å². The van der Waals surface area contributed by atoms with E-state index in [1.165, 1.54) is 11.3 Å². The number of likely N-dealkylation sites (N-methyl/N-ethyl adjacent to an activating group) is 1. The van der Waals surface area contributed by atoms with Crippen LogP contribution in [0.1, 0.15) is 42.3 Å². The van der Waals surface area contributed by atoms with Crippen molar-refractivity contribution in [1.29, 1.82) is 0 Å². The van der Waals surface area contributed by atoms with Crippen LogP contribution in [0.25, 0.3) is 0 Å². The molecule has 150 valence electrons. The molecule has 1 unspecified atom stereocenters. The Balaban J connectivity index is 1.42. The molecule has 0 bridgehead atoms. The van der Waals surface area contributed by atoms with Crippen molar-refractivity contribution in [1.82, 2.24) is 20.0 Å². The van der Waals surface area contributed by atoms with E-state index in [4.69, 9.17) is 0 Å². The van der Waals surface area contributed by atoms with E-state index in [0.29, 0.717) is 13.1 Å². The lowest BCUT2D eigenvalue weighted by molar-refractivity contribution is -0.126. The Labute approximate surface area is 166 Å². The second kappa shape index (κ2) is 10.2. The number of hydrogen-bond donors (Lipinski definition) is 1. The molecule has 27 heavy (non-hydrogen) atoms. The summed E-state index contributed by atoms with van der Waals surface area (Å²) in [4.78, 5) is 32.8. The molecular weight excluding hydrogens is 360 g/mol. The Kier molecular flexibility index (Phi) is 7.67. The van der Waals surface area contributed by atoms with Crippen molar-refractivity contribution >= 4 is 23.2 Å². The van der Waals surface area contributed by atoms with Crippen molar-refractivity contribution in [2.75, 3.05) is 52.4 Å². The normalized spacial score (nSPS) is 22.0. The number of nitrogens with zero attached hydrogens (tertiary/aromatic N) is 3. The molecule has 0 spiro atoms. The van der Waals surface area contributed by atoms with Gasteiger partial charge < -0.3 is 20.0 Å². The van der Waals surface area contributed by atoms with Gasteiger partial charge in [0.05, 0.1) is 4.88 Å². The summed E-state index contributed by atoms with van der Waals surface area (Å²) >= 11 is 1.45. The summed E-state index contributed by atoms with van der Waals surface area (Å²) in [5.41, 5.74) is 0. The maximum absolute atomic E-state index is 12.7. The molecule has 0 saturated carbocycles. The maximum atomic E-state index is 12.7. The van der Waals surface area contributed by atoms with Gasteiger partial charge in [0.25, 0.3) is 5.91 Å². The van der Waals surface area contributed by atoms with Crippen LogP contribution in [0.4, 0.5) is 0 Å². The molecule has 1 aromatic heterocycles. The predicted molar refractivity (Wildman–Crippen MR) is 109 cm³/mol. The highest BCUT2D eigenvalue weighted by molar-refractivity contribution is 7.12. The Bertz CT molecular complexity index is 599. The smallest absolute Gasteiger partial charge is 0.264 e. The number of carbonyl (C=O) groups is 2. The Morgan fingerprint density at radius 2 is 1.93 bits per heavy atom. The Hall–Kier alpha value is -1.44. The number of piperazine rings is 1. The number of amides is 2. The minimum absolute atomic E-state index is 0.00125. The first-order valence-electron chi connectivity index (χ1n) is 10.3. The first-order chi connectivity index (χ1) is 13.2. The number of thiophene rings is 1. The molecule has 0 radical (unpaired) electrons. The number of likely N-dealkylation sites (tertiary alicyclic amines) is 1. The number of carbonyl (C=O) groups excluding carboxylic acids is 2. The predicted octanol–water partition coefficient (Wildman–Crippen LogP) is 1.89. The van der Waals surface area contributed by atoms with Gasteiger partial charge in [-0.3, -0.25) is 9.59 Å². The SMILES string of the molecule is CCN1CCN(CCCNC(=O)C2CCCCN2C(=O)c2cccs2)CC1. The van der Waals surface area contributed by atoms with Gasteiger partial charge in [-0.25, -0.2) is 0 Å². The first kappa shape index (κ1) is 20.3. The summed E-state index contributed by atoms with van der Waals surface area (Å²) in [7, 11) is 0. The van der Waals surface area contributed by atoms with Crippen molar-refractivity contribution in [2.24, 2.45) is 0 Å². The zero-order valence-electron chi connectivity index (χ0n) is 16.4. The Morgan fingerprint density at radius 3 is 2.63 bits per heavy atom. The van der Waals surface area contributed by atoms with Crippen LogP contribution < -0.4 is 5.32 Å². The maximum Gasteiger partial charge on any atom is 0.264 e. The lowest BCUT2D eigenvalue weighted by Crippen LogP contribution is -2.52. The monoisotopic (exact) mass is 392 g/mol. The minimum atomic E-state index is -0.318. The van der Waals surface area contributed by atoms with Crippen molar-refractivity contribution in [3.05, 3.63) is 22.4 Å². The van der Waals surface area contributed by atoms with Gasteiger partial charge in [0.1, 0.15) is 6.04 Å². The lowest BCUT2D eigenvalue weighted by atomic mass is 10.0. The molecule has 2 amide bonds. The highest BCUT2D eigenvalue weighted by atomic mass is 32.1. The van der Waals surface area contributed by atoms with Gasteiger partial charge in [0.15, 0.2) is 0 Å². The fourth-order valence-electron chi connectivity index (χ4n) is 3.95. The molecule has 3 rings (SSSR count). The number of piperidine rings is 1. The zero-order valence-corrected chi connectivity index (χ0v) is 17.2. The highest BCUT2D eigenvalue weighted by Gasteiger charge is 2.32. The van der Waals surface area contributed by atoms with Crippen molar-refractivity contribution in [2.45, 2.75) is 38.6 Å². The van der Waals surface area contributed by atoms with Crippen LogP contribution >= 0.6 is 11.3 Å². The third-order valence-electron chi connectivity index (χ3n) is 5.66. The molecule has 3 heterocycles. The second-order valence-electron chi connectivity index (χ2n) is 7.41. The van der Waals surface area contributed by atoms with Crippen LogP contribution in [0.15, 0.2) is 17.5 Å². The number of rotatable bonds is 7. The zero-order chi connectivity index (χ0) is 19.1. The summed E-state index contributed by atoms with van der Waals surface area (Å²) in [5, 5.41) is 4.98. The quantitative estimate of drug-likeness (QED) is 0.720. The molecule has 0 aliphatic carbocycles. The van der Waals surface area contributed by atoms with Gasteiger partial charge in [0, 0.05) is 39.3 Å². The van der Waals surface area contributed by atoms with E-state index >= 15 is 0 Å². The van der Waals surface area contributed by atoms with Crippen molar-refractivity contribution in [3.8, 4) is 0 Å². The fourth-order valence-corrected chi connectivity index (χ4v) is 4.63. The second-order valence-corrected chi connectivity index (χ2v) is 8.36. The van der Waals surface area contributed by atoms with Gasteiger partial charge in [0.2, 0.25) is 5.91 Å². The number of hydrogen-bond acceptors (Lipinski definition) is 5. The van der Waals surface area contributed by atoms with Crippen LogP contribution in [-0.4, -0.2) is 84.9 Å². The standard InChI is InChI=1S/C20H32N4O2S/c1-2-22-12-14-23(15-13-22)10-6-9-21-19(25)17-7-3-4-11-24(17)20(26)18-8-5-16-27-18/h5,8,16-17H,2-4,6-7,9-15H2,1H3,(H,21,25). The molecule has 2 fully saturated rings. The number of nitrogens with one attached hydrogen (secondary N) is 1. The van der Waals surface area contributed by atoms with Gasteiger partial charge in [-0.2, -0.15) is 0 Å². The van der Waals surface area contributed by atoms with Crippen LogP contribution in [0.2, 0.25) is 0 Å². The topological polar surface area (TPSA) is 55.9 Å². The third kappa shape index (κ3) is 5.53. The molecule has 2 saturated heterocycles. The Morgan fingerprint density at radius 1 is 1.15 bits per heavy atom. The first-order valence-corrected chi connectivity index (χ1v) is 11.1. The summed E-state index contributed by atoms with van der Waals surface area (Å²) in [6.45, 7) is 10.3. The van der Waals surface area contributed by atoms with Gasteiger partial charge >= 0.3 is 0 Å². The van der Waals surface area contributed by atoms with E-state index < -0.39 is 0 Å². The molecule has 2 aliphatic heterocycles.